The molecule has 172 valence electrons. The van der Waals surface area contributed by atoms with E-state index in [4.69, 9.17) is 23.1 Å². The molecule has 0 radical (unpaired) electrons. The van der Waals surface area contributed by atoms with Crippen LogP contribution in [0.15, 0.2) is 70.0 Å². The minimum Gasteiger partial charge on any atom is -0.369 e. The molecule has 1 amide bonds. The van der Waals surface area contributed by atoms with Crippen LogP contribution in [-0.4, -0.2) is 36.4 Å². The summed E-state index contributed by atoms with van der Waals surface area (Å²) in [6, 6.07) is 16.4. The third-order valence-electron chi connectivity index (χ3n) is 4.06. The van der Waals surface area contributed by atoms with Gasteiger partial charge in [0, 0.05) is 29.4 Å². The van der Waals surface area contributed by atoms with Gasteiger partial charge in [0.05, 0.1) is 4.90 Å². The number of hydrogen-bond acceptors (Lipinski definition) is 7. The molecular formula is C20H21ClN8O3S. The van der Waals surface area contributed by atoms with Gasteiger partial charge in [-0.1, -0.05) is 6.07 Å². The van der Waals surface area contributed by atoms with Gasteiger partial charge in [-0.25, -0.2) is 0 Å². The predicted molar refractivity (Wildman–Crippen MR) is 128 cm³/mol. The molecule has 0 aliphatic rings. The largest absolute Gasteiger partial charge is 0.369 e. The molecule has 3 rings (SSSR count). The number of anilines is 5. The zero-order valence-electron chi connectivity index (χ0n) is 17.2. The Labute approximate surface area is 195 Å². The molecule has 1 heterocycles. The fraction of sp³-hybridized carbons (Fsp3) is 0.100. The van der Waals surface area contributed by atoms with Crippen molar-refractivity contribution >= 4 is 62.2 Å². The van der Waals surface area contributed by atoms with Crippen LogP contribution in [0.1, 0.15) is 6.42 Å². The maximum absolute atomic E-state index is 12.0. The Morgan fingerprint density at radius 3 is 2.09 bits per heavy atom. The average Bonchev–Trinajstić information content (AvgIpc) is 2.75. The molecule has 0 fully saturated rings. The number of hydrogen-bond donors (Lipinski definition) is 5. The van der Waals surface area contributed by atoms with E-state index in [0.717, 1.165) is 0 Å². The van der Waals surface area contributed by atoms with Gasteiger partial charge >= 0.3 is 0 Å². The smallest absolute Gasteiger partial charge is 0.285 e. The number of benzene rings is 2. The summed E-state index contributed by atoms with van der Waals surface area (Å²) >= 11 is 5.58. The van der Waals surface area contributed by atoms with Crippen LogP contribution in [0.3, 0.4) is 0 Å². The summed E-state index contributed by atoms with van der Waals surface area (Å²) in [5.74, 6) is 0.482. The zero-order valence-corrected chi connectivity index (χ0v) is 18.8. The van der Waals surface area contributed by atoms with E-state index in [-0.39, 0.29) is 23.1 Å². The number of carbonyl (C=O) groups is 1. The molecule has 11 nitrogen and oxygen atoms in total. The Morgan fingerprint density at radius 1 is 0.909 bits per heavy atom. The molecule has 33 heavy (non-hydrogen) atoms. The molecule has 0 atom stereocenters. The van der Waals surface area contributed by atoms with E-state index >= 15 is 0 Å². The third kappa shape index (κ3) is 7.05. The van der Waals surface area contributed by atoms with Crippen molar-refractivity contribution in [2.45, 2.75) is 11.3 Å². The Hall–Kier alpha value is -3.90. The van der Waals surface area contributed by atoms with Gasteiger partial charge in [-0.15, -0.1) is 26.2 Å². The van der Waals surface area contributed by atoms with Crippen LogP contribution in [-0.2, 0) is 14.8 Å². The molecule has 0 aliphatic heterocycles. The van der Waals surface area contributed by atoms with Crippen molar-refractivity contribution in [3.05, 3.63) is 60.7 Å². The summed E-state index contributed by atoms with van der Waals surface area (Å²) in [6.45, 7) is 0. The molecule has 0 bridgehead atoms. The number of nitrogens with one attached hydrogen (secondary N) is 3. The van der Waals surface area contributed by atoms with Gasteiger partial charge < -0.3 is 27.4 Å². The molecule has 0 saturated carbocycles. The van der Waals surface area contributed by atoms with E-state index in [0.29, 0.717) is 28.7 Å². The summed E-state index contributed by atoms with van der Waals surface area (Å²) in [5.41, 5.74) is 12.2. The third-order valence-corrected chi connectivity index (χ3v) is 5.56. The molecule has 0 unspecified atom stereocenters. The van der Waals surface area contributed by atoms with Gasteiger partial charge in [0.1, 0.15) is 0 Å². The van der Waals surface area contributed by atoms with Gasteiger partial charge in [-0.2, -0.15) is 8.42 Å². The van der Waals surface area contributed by atoms with Crippen LogP contribution in [0.2, 0.25) is 0 Å². The highest BCUT2D eigenvalue weighted by molar-refractivity contribution is 7.90. The first-order valence-electron chi connectivity index (χ1n) is 9.55. The number of aromatic nitrogens is 2. The second-order valence-corrected chi connectivity index (χ2v) is 8.62. The fourth-order valence-electron chi connectivity index (χ4n) is 2.65. The summed E-state index contributed by atoms with van der Waals surface area (Å²) in [5, 5.41) is 17.1. The standard InChI is InChI=1S/C20H21ClN8O3S/c21-11-10-19(30)26-15-3-1-2-14(12-15)25-18-9-8-17(27-28-18)24-13-4-6-16(7-5-13)33(31,32)29-20(22)23/h1-9,12H,10-11H2,(H,24,27)(H,25,28)(H,26,30)(H4,22,23,29). The average molecular weight is 489 g/mol. The number of nitrogens with zero attached hydrogens (tertiary/aromatic N) is 3. The molecule has 3 aromatic rings. The summed E-state index contributed by atoms with van der Waals surface area (Å²) in [7, 11) is -3.95. The first-order valence-corrected chi connectivity index (χ1v) is 11.5. The van der Waals surface area contributed by atoms with Crippen LogP contribution in [0.25, 0.3) is 0 Å². The van der Waals surface area contributed by atoms with Gasteiger partial charge in [0.15, 0.2) is 11.6 Å². The molecule has 13 heteroatoms. The van der Waals surface area contributed by atoms with E-state index < -0.39 is 16.0 Å². The van der Waals surface area contributed by atoms with Crippen molar-refractivity contribution in [1.82, 2.24) is 10.2 Å². The lowest BCUT2D eigenvalue weighted by Crippen LogP contribution is -2.24. The van der Waals surface area contributed by atoms with Crippen molar-refractivity contribution in [1.29, 1.82) is 0 Å². The van der Waals surface area contributed by atoms with E-state index in [1.54, 1.807) is 42.5 Å². The fourth-order valence-corrected chi connectivity index (χ4v) is 3.68. The maximum Gasteiger partial charge on any atom is 0.285 e. The van der Waals surface area contributed by atoms with Gasteiger partial charge in [0.2, 0.25) is 11.9 Å². The Bertz CT molecular complexity index is 1250. The lowest BCUT2D eigenvalue weighted by Gasteiger charge is -2.10. The van der Waals surface area contributed by atoms with E-state index in [9.17, 15) is 13.2 Å². The summed E-state index contributed by atoms with van der Waals surface area (Å²) in [4.78, 5) is 11.6. The number of amides is 1. The molecule has 2 aromatic carbocycles. The first-order chi connectivity index (χ1) is 15.7. The van der Waals surface area contributed by atoms with Crippen LogP contribution < -0.4 is 27.4 Å². The number of rotatable bonds is 9. The van der Waals surface area contributed by atoms with Crippen molar-refractivity contribution in [2.24, 2.45) is 15.9 Å². The van der Waals surface area contributed by atoms with Crippen molar-refractivity contribution in [3.63, 3.8) is 0 Å². The number of sulfonamides is 1. The normalized spacial score (nSPS) is 10.8. The lowest BCUT2D eigenvalue weighted by molar-refractivity contribution is -0.115. The number of alkyl halides is 1. The number of nitrogens with two attached hydrogens (primary N) is 2. The molecular weight excluding hydrogens is 468 g/mol. The number of carbonyl (C=O) groups excluding carboxylic acids is 1. The van der Waals surface area contributed by atoms with Crippen LogP contribution in [0, 0.1) is 0 Å². The van der Waals surface area contributed by atoms with Crippen LogP contribution in [0.5, 0.6) is 0 Å². The summed E-state index contributed by atoms with van der Waals surface area (Å²) in [6.07, 6.45) is 0.230. The molecule has 0 aliphatic carbocycles. The predicted octanol–water partition coefficient (Wildman–Crippen LogP) is 2.49. The molecule has 1 aromatic heterocycles. The molecule has 0 saturated heterocycles. The highest BCUT2D eigenvalue weighted by Crippen LogP contribution is 2.21. The van der Waals surface area contributed by atoms with Gasteiger partial charge in [0.25, 0.3) is 10.0 Å². The van der Waals surface area contributed by atoms with Gasteiger partial charge in [-0.3, -0.25) is 4.79 Å². The second kappa shape index (κ2) is 10.6. The van der Waals surface area contributed by atoms with E-state index in [2.05, 4.69) is 30.5 Å². The second-order valence-electron chi connectivity index (χ2n) is 6.64. The minimum atomic E-state index is -3.95. The Kier molecular flexibility index (Phi) is 7.64. The Balaban J connectivity index is 1.63. The van der Waals surface area contributed by atoms with Crippen molar-refractivity contribution in [2.75, 3.05) is 21.8 Å². The van der Waals surface area contributed by atoms with Gasteiger partial charge in [-0.05, 0) is 54.6 Å². The highest BCUT2D eigenvalue weighted by atomic mass is 35.5. The van der Waals surface area contributed by atoms with Crippen LogP contribution in [0.4, 0.5) is 28.7 Å². The molecule has 0 spiro atoms. The quantitative estimate of drug-likeness (QED) is 0.172. The highest BCUT2D eigenvalue weighted by Gasteiger charge is 2.13. The monoisotopic (exact) mass is 488 g/mol. The van der Waals surface area contributed by atoms with E-state index in [1.165, 1.54) is 12.1 Å². The number of halogens is 1. The first kappa shape index (κ1) is 23.8. The minimum absolute atomic E-state index is 0.0480. The topological polar surface area (TPSA) is 177 Å². The molecule has 7 N–H and O–H groups in total. The maximum atomic E-state index is 12.0. The number of guanidine groups is 1. The van der Waals surface area contributed by atoms with Crippen molar-refractivity contribution < 1.29 is 13.2 Å². The van der Waals surface area contributed by atoms with Crippen LogP contribution >= 0.6 is 11.6 Å². The van der Waals surface area contributed by atoms with E-state index in [1.807, 2.05) is 6.07 Å². The Morgan fingerprint density at radius 2 is 1.52 bits per heavy atom. The SMILES string of the molecule is NC(N)=NS(=O)(=O)c1ccc(Nc2ccc(Nc3cccc(NC(=O)CCCl)c3)nn2)cc1. The van der Waals surface area contributed by atoms with Crippen molar-refractivity contribution in [3.8, 4) is 0 Å². The zero-order chi connectivity index (χ0) is 23.8. The lowest BCUT2D eigenvalue weighted by atomic mass is 10.2. The summed E-state index contributed by atoms with van der Waals surface area (Å²) < 4.78 is 27.2.